The standard InChI is InChI=1S/C11H8ClNO5/c1-2-5(12)8(15)4-3(7(2)14)9(16)6(13)11(18)10(4)17/h16-18H,13H2,1H3. The second-order valence-electron chi connectivity index (χ2n) is 3.81. The zero-order chi connectivity index (χ0) is 13.8. The number of ketones is 2. The Kier molecular flexibility index (Phi) is 2.48. The largest absolute Gasteiger partial charge is 0.505 e. The van der Waals surface area contributed by atoms with Gasteiger partial charge in [-0.2, -0.15) is 0 Å². The molecule has 1 aliphatic rings. The molecule has 0 fully saturated rings. The lowest BCUT2D eigenvalue weighted by atomic mass is 9.87. The molecule has 0 heterocycles. The van der Waals surface area contributed by atoms with Crippen molar-refractivity contribution in [2.24, 2.45) is 0 Å². The Morgan fingerprint density at radius 3 is 2.00 bits per heavy atom. The molecule has 94 valence electrons. The molecule has 1 aromatic carbocycles. The predicted octanol–water partition coefficient (Wildman–Crippen LogP) is 1.28. The molecule has 0 unspecified atom stereocenters. The van der Waals surface area contributed by atoms with Gasteiger partial charge in [-0.1, -0.05) is 11.6 Å². The first-order chi connectivity index (χ1) is 8.29. The SMILES string of the molecule is CC1=C(Cl)C(=O)c2c(O)c(O)c(N)c(O)c2C1=O. The van der Waals surface area contributed by atoms with E-state index in [0.29, 0.717) is 0 Å². The van der Waals surface area contributed by atoms with E-state index >= 15 is 0 Å². The number of aromatic hydroxyl groups is 3. The molecule has 0 bridgehead atoms. The summed E-state index contributed by atoms with van der Waals surface area (Å²) in [5, 5.41) is 28.4. The number of benzene rings is 1. The number of nitrogen functional groups attached to an aromatic ring is 1. The first-order valence-corrected chi connectivity index (χ1v) is 5.18. The van der Waals surface area contributed by atoms with Gasteiger partial charge in [0.1, 0.15) is 5.69 Å². The number of fused-ring (bicyclic) bond motifs is 1. The number of carbonyl (C=O) groups is 2. The van der Waals surface area contributed by atoms with Crippen LogP contribution in [0.3, 0.4) is 0 Å². The Balaban J connectivity index is 2.96. The predicted molar refractivity (Wildman–Crippen MR) is 63.1 cm³/mol. The third-order valence-electron chi connectivity index (χ3n) is 2.78. The molecule has 0 saturated carbocycles. The van der Waals surface area contributed by atoms with Crippen LogP contribution in [-0.2, 0) is 0 Å². The van der Waals surface area contributed by atoms with E-state index in [2.05, 4.69) is 0 Å². The summed E-state index contributed by atoms with van der Waals surface area (Å²) in [6.45, 7) is 1.31. The molecule has 0 amide bonds. The van der Waals surface area contributed by atoms with E-state index in [-0.39, 0.29) is 10.6 Å². The molecule has 0 aromatic heterocycles. The lowest BCUT2D eigenvalue weighted by Crippen LogP contribution is -2.19. The van der Waals surface area contributed by atoms with E-state index in [9.17, 15) is 24.9 Å². The van der Waals surface area contributed by atoms with Crippen LogP contribution in [0.1, 0.15) is 27.6 Å². The normalized spacial score (nSPS) is 15.0. The maximum atomic E-state index is 11.9. The van der Waals surface area contributed by atoms with Crippen LogP contribution in [-0.4, -0.2) is 26.9 Å². The van der Waals surface area contributed by atoms with Gasteiger partial charge in [0.05, 0.1) is 16.2 Å². The summed E-state index contributed by atoms with van der Waals surface area (Å²) in [5.41, 5.74) is 3.70. The van der Waals surface area contributed by atoms with Crippen molar-refractivity contribution >= 4 is 28.9 Å². The van der Waals surface area contributed by atoms with E-state index in [4.69, 9.17) is 17.3 Å². The van der Waals surface area contributed by atoms with Crippen molar-refractivity contribution in [2.75, 3.05) is 5.73 Å². The summed E-state index contributed by atoms with van der Waals surface area (Å²) in [7, 11) is 0. The zero-order valence-electron chi connectivity index (χ0n) is 9.11. The molecule has 0 aliphatic heterocycles. The fourth-order valence-corrected chi connectivity index (χ4v) is 1.92. The molecule has 0 atom stereocenters. The van der Waals surface area contributed by atoms with Gasteiger partial charge in [-0.25, -0.2) is 0 Å². The third-order valence-corrected chi connectivity index (χ3v) is 3.24. The lowest BCUT2D eigenvalue weighted by molar-refractivity contribution is 0.0975. The fraction of sp³-hybridized carbons (Fsp3) is 0.0909. The van der Waals surface area contributed by atoms with Crippen molar-refractivity contribution < 1.29 is 24.9 Å². The maximum Gasteiger partial charge on any atom is 0.209 e. The highest BCUT2D eigenvalue weighted by Gasteiger charge is 2.37. The Bertz CT molecular complexity index is 593. The van der Waals surface area contributed by atoms with Crippen LogP contribution >= 0.6 is 11.6 Å². The molecule has 1 aromatic rings. The number of carbonyl (C=O) groups excluding carboxylic acids is 2. The first-order valence-electron chi connectivity index (χ1n) is 4.81. The van der Waals surface area contributed by atoms with E-state index in [1.807, 2.05) is 0 Å². The van der Waals surface area contributed by atoms with Crippen molar-refractivity contribution in [1.82, 2.24) is 0 Å². The smallest absolute Gasteiger partial charge is 0.209 e. The summed E-state index contributed by atoms with van der Waals surface area (Å²) in [6.07, 6.45) is 0. The molecule has 6 nitrogen and oxygen atoms in total. The first kappa shape index (κ1) is 12.3. The quantitative estimate of drug-likeness (QED) is 0.320. The molecule has 1 aliphatic carbocycles. The minimum absolute atomic E-state index is 0.0612. The van der Waals surface area contributed by atoms with E-state index in [0.717, 1.165) is 0 Å². The number of Topliss-reactive ketones (excluding diaryl/α,β-unsaturated/α-hetero) is 2. The van der Waals surface area contributed by atoms with Gasteiger partial charge < -0.3 is 21.1 Å². The molecular weight excluding hydrogens is 262 g/mol. The Morgan fingerprint density at radius 2 is 1.44 bits per heavy atom. The Morgan fingerprint density at radius 1 is 0.944 bits per heavy atom. The summed E-state index contributed by atoms with van der Waals surface area (Å²) < 4.78 is 0. The van der Waals surface area contributed by atoms with Crippen molar-refractivity contribution in [2.45, 2.75) is 6.92 Å². The second kappa shape index (κ2) is 3.64. The molecule has 5 N–H and O–H groups in total. The van der Waals surface area contributed by atoms with Gasteiger partial charge in [0, 0.05) is 5.57 Å². The molecule has 0 spiro atoms. The molecular formula is C11H8ClNO5. The Labute approximate surface area is 106 Å². The zero-order valence-corrected chi connectivity index (χ0v) is 9.87. The van der Waals surface area contributed by atoms with Gasteiger partial charge in [-0.15, -0.1) is 0 Å². The Hall–Kier alpha value is -2.21. The minimum Gasteiger partial charge on any atom is -0.505 e. The summed E-state index contributed by atoms with van der Waals surface area (Å²) in [4.78, 5) is 23.8. The highest BCUT2D eigenvalue weighted by atomic mass is 35.5. The number of hydrogen-bond acceptors (Lipinski definition) is 6. The average Bonchev–Trinajstić information content (AvgIpc) is 2.35. The molecule has 18 heavy (non-hydrogen) atoms. The van der Waals surface area contributed by atoms with Gasteiger partial charge >= 0.3 is 0 Å². The average molecular weight is 270 g/mol. The number of halogens is 1. The molecule has 0 radical (unpaired) electrons. The van der Waals surface area contributed by atoms with Gasteiger partial charge in [0.25, 0.3) is 0 Å². The van der Waals surface area contributed by atoms with E-state index in [1.165, 1.54) is 6.92 Å². The van der Waals surface area contributed by atoms with Crippen LogP contribution in [0, 0.1) is 0 Å². The highest BCUT2D eigenvalue weighted by molar-refractivity contribution is 6.50. The molecule has 7 heteroatoms. The minimum atomic E-state index is -0.871. The lowest BCUT2D eigenvalue weighted by Gasteiger charge is -2.19. The maximum absolute atomic E-state index is 11.9. The van der Waals surface area contributed by atoms with Crippen LogP contribution in [0.4, 0.5) is 5.69 Å². The number of phenolic OH excluding ortho intramolecular Hbond substituents is 3. The third kappa shape index (κ3) is 1.29. The fourth-order valence-electron chi connectivity index (χ4n) is 1.74. The number of nitrogens with two attached hydrogens (primary N) is 1. The number of hydrogen-bond donors (Lipinski definition) is 4. The van der Waals surface area contributed by atoms with Crippen LogP contribution in [0.5, 0.6) is 17.2 Å². The summed E-state index contributed by atoms with van der Waals surface area (Å²) >= 11 is 5.66. The van der Waals surface area contributed by atoms with Gasteiger partial charge in [-0.3, -0.25) is 9.59 Å². The highest BCUT2D eigenvalue weighted by Crippen LogP contribution is 2.48. The number of anilines is 1. The summed E-state index contributed by atoms with van der Waals surface area (Å²) in [5.74, 6) is -4.07. The number of allylic oxidation sites excluding steroid dienone is 2. The number of rotatable bonds is 0. The molecule has 0 saturated heterocycles. The molecule has 2 rings (SSSR count). The van der Waals surface area contributed by atoms with Crippen LogP contribution in [0.25, 0.3) is 0 Å². The van der Waals surface area contributed by atoms with E-state index in [1.54, 1.807) is 0 Å². The summed E-state index contributed by atoms with van der Waals surface area (Å²) in [6, 6.07) is 0. The van der Waals surface area contributed by atoms with Crippen molar-refractivity contribution in [3.8, 4) is 17.2 Å². The number of phenols is 3. The van der Waals surface area contributed by atoms with Crippen molar-refractivity contribution in [3.05, 3.63) is 21.7 Å². The van der Waals surface area contributed by atoms with Gasteiger partial charge in [0.2, 0.25) is 5.78 Å². The van der Waals surface area contributed by atoms with Gasteiger partial charge in [0.15, 0.2) is 23.0 Å². The van der Waals surface area contributed by atoms with Crippen molar-refractivity contribution in [3.63, 3.8) is 0 Å². The van der Waals surface area contributed by atoms with Crippen molar-refractivity contribution in [1.29, 1.82) is 0 Å². The van der Waals surface area contributed by atoms with E-state index < -0.39 is 45.6 Å². The second-order valence-corrected chi connectivity index (χ2v) is 4.18. The van der Waals surface area contributed by atoms with Crippen LogP contribution in [0.2, 0.25) is 0 Å². The van der Waals surface area contributed by atoms with Crippen LogP contribution < -0.4 is 5.73 Å². The monoisotopic (exact) mass is 269 g/mol. The van der Waals surface area contributed by atoms with Crippen LogP contribution in [0.15, 0.2) is 10.6 Å². The topological polar surface area (TPSA) is 121 Å². The van der Waals surface area contributed by atoms with Gasteiger partial charge in [-0.05, 0) is 6.92 Å².